The Morgan fingerprint density at radius 3 is 2.41 bits per heavy atom. The monoisotopic (exact) mass is 247 g/mol. The second-order valence-electron chi connectivity index (χ2n) is 3.75. The fourth-order valence-electron chi connectivity index (χ4n) is 1.32. The van der Waals surface area contributed by atoms with Gasteiger partial charge in [-0.2, -0.15) is 0 Å². The van der Waals surface area contributed by atoms with Crippen molar-refractivity contribution in [1.82, 2.24) is 15.5 Å². The Hall–Kier alpha value is -1.18. The predicted molar refractivity (Wildman–Crippen MR) is 62.3 cm³/mol. The molecule has 0 aliphatic heterocycles. The number of carbonyl (C=O) groups excluding carboxylic acids is 2. The van der Waals surface area contributed by atoms with Crippen LogP contribution in [0.15, 0.2) is 0 Å². The Labute approximate surface area is 101 Å². The molecule has 17 heavy (non-hydrogen) atoms. The molecule has 0 aromatic heterocycles. The van der Waals surface area contributed by atoms with E-state index in [4.69, 9.17) is 10.2 Å². The molecule has 0 radical (unpaired) electrons. The third kappa shape index (κ3) is 7.67. The highest BCUT2D eigenvalue weighted by molar-refractivity contribution is 5.87. The summed E-state index contributed by atoms with van der Waals surface area (Å²) >= 11 is 0. The van der Waals surface area contributed by atoms with Crippen molar-refractivity contribution >= 4 is 11.8 Å². The van der Waals surface area contributed by atoms with Crippen molar-refractivity contribution in [3.63, 3.8) is 0 Å². The Bertz CT molecular complexity index is 248. The number of aliphatic hydroxyl groups excluding tert-OH is 2. The van der Waals surface area contributed by atoms with Gasteiger partial charge >= 0.3 is 0 Å². The van der Waals surface area contributed by atoms with E-state index in [2.05, 4.69) is 10.6 Å². The van der Waals surface area contributed by atoms with Gasteiger partial charge in [0.25, 0.3) is 0 Å². The number of carbonyl (C=O) groups is 2. The van der Waals surface area contributed by atoms with Gasteiger partial charge in [0.05, 0.1) is 13.2 Å². The first kappa shape index (κ1) is 15.8. The van der Waals surface area contributed by atoms with Gasteiger partial charge in [-0.05, 0) is 7.05 Å². The van der Waals surface area contributed by atoms with Gasteiger partial charge in [0.2, 0.25) is 11.8 Å². The van der Waals surface area contributed by atoms with Gasteiger partial charge in [0, 0.05) is 26.6 Å². The molecule has 2 amide bonds. The smallest absolute Gasteiger partial charge is 0.243 e. The highest BCUT2D eigenvalue weighted by atomic mass is 16.3. The van der Waals surface area contributed by atoms with Crippen molar-refractivity contribution in [1.29, 1.82) is 0 Å². The van der Waals surface area contributed by atoms with E-state index in [1.807, 2.05) is 0 Å². The van der Waals surface area contributed by atoms with Crippen molar-refractivity contribution in [3.8, 4) is 0 Å². The molecule has 7 nitrogen and oxygen atoms in total. The number of hydrogen-bond acceptors (Lipinski definition) is 5. The van der Waals surface area contributed by atoms with E-state index < -0.39 is 6.04 Å². The van der Waals surface area contributed by atoms with Crippen LogP contribution in [0.5, 0.6) is 0 Å². The summed E-state index contributed by atoms with van der Waals surface area (Å²) in [6.07, 6.45) is 0. The quantitative estimate of drug-likeness (QED) is 0.380. The molecule has 0 aliphatic carbocycles. The number of hydrogen-bond donors (Lipinski definition) is 4. The van der Waals surface area contributed by atoms with Crippen LogP contribution >= 0.6 is 0 Å². The van der Waals surface area contributed by atoms with Gasteiger partial charge in [-0.1, -0.05) is 0 Å². The van der Waals surface area contributed by atoms with E-state index in [-0.39, 0.29) is 31.6 Å². The molecule has 1 atom stereocenters. The lowest BCUT2D eigenvalue weighted by atomic mass is 10.2. The van der Waals surface area contributed by atoms with Gasteiger partial charge in [-0.3, -0.25) is 9.59 Å². The van der Waals surface area contributed by atoms with Crippen molar-refractivity contribution in [2.75, 3.05) is 39.9 Å². The van der Waals surface area contributed by atoms with E-state index in [0.717, 1.165) is 0 Å². The van der Waals surface area contributed by atoms with Crippen LogP contribution in [0.2, 0.25) is 0 Å². The van der Waals surface area contributed by atoms with E-state index in [1.165, 1.54) is 6.92 Å². The normalized spacial score (nSPS) is 12.3. The Morgan fingerprint density at radius 2 is 1.94 bits per heavy atom. The first-order chi connectivity index (χ1) is 8.01. The molecule has 0 aliphatic rings. The summed E-state index contributed by atoms with van der Waals surface area (Å²) in [5.41, 5.74) is 0. The first-order valence-corrected chi connectivity index (χ1v) is 5.46. The summed E-state index contributed by atoms with van der Waals surface area (Å²) in [4.78, 5) is 24.3. The van der Waals surface area contributed by atoms with Gasteiger partial charge in [0.1, 0.15) is 6.04 Å². The maximum absolute atomic E-state index is 11.7. The first-order valence-electron chi connectivity index (χ1n) is 5.46. The largest absolute Gasteiger partial charge is 0.395 e. The molecule has 0 rings (SSSR count). The summed E-state index contributed by atoms with van der Waals surface area (Å²) in [7, 11) is 1.74. The third-order valence-corrected chi connectivity index (χ3v) is 2.08. The van der Waals surface area contributed by atoms with Gasteiger partial charge in [-0.15, -0.1) is 0 Å². The zero-order chi connectivity index (χ0) is 13.3. The summed E-state index contributed by atoms with van der Waals surface area (Å²) in [5.74, 6) is -0.648. The topological polar surface area (TPSA) is 102 Å². The average Bonchev–Trinajstić information content (AvgIpc) is 2.24. The van der Waals surface area contributed by atoms with Crippen molar-refractivity contribution in [2.24, 2.45) is 0 Å². The number of nitrogens with one attached hydrogen (secondary N) is 2. The summed E-state index contributed by atoms with van der Waals surface area (Å²) in [5, 5.41) is 22.4. The number of aliphatic hydroxyl groups is 2. The van der Waals surface area contributed by atoms with Crippen LogP contribution < -0.4 is 10.6 Å². The van der Waals surface area contributed by atoms with Crippen molar-refractivity contribution in [3.05, 3.63) is 0 Å². The van der Waals surface area contributed by atoms with E-state index in [9.17, 15) is 9.59 Å². The van der Waals surface area contributed by atoms with E-state index in [1.54, 1.807) is 11.9 Å². The number of rotatable bonds is 8. The molecule has 0 saturated carbocycles. The molecule has 0 aromatic carbocycles. The van der Waals surface area contributed by atoms with Crippen LogP contribution in [0.1, 0.15) is 6.92 Å². The number of amides is 2. The third-order valence-electron chi connectivity index (χ3n) is 2.08. The minimum absolute atomic E-state index is 0.0124. The molecule has 0 fully saturated rings. The summed E-state index contributed by atoms with van der Waals surface area (Å²) < 4.78 is 0. The van der Waals surface area contributed by atoms with Gasteiger partial charge < -0.3 is 25.7 Å². The second kappa shape index (κ2) is 8.91. The van der Waals surface area contributed by atoms with Crippen molar-refractivity contribution in [2.45, 2.75) is 13.0 Å². The average molecular weight is 247 g/mol. The molecule has 4 N–H and O–H groups in total. The maximum Gasteiger partial charge on any atom is 0.243 e. The predicted octanol–water partition coefficient (Wildman–Crippen LogP) is -2.48. The van der Waals surface area contributed by atoms with Gasteiger partial charge in [-0.25, -0.2) is 0 Å². The lowest BCUT2D eigenvalue weighted by Gasteiger charge is -2.23. The molecule has 0 saturated heterocycles. The zero-order valence-electron chi connectivity index (χ0n) is 10.3. The molecule has 0 heterocycles. The highest BCUT2D eigenvalue weighted by Crippen LogP contribution is 1.91. The Morgan fingerprint density at radius 1 is 1.29 bits per heavy atom. The number of nitrogens with zero attached hydrogens (tertiary/aromatic N) is 1. The lowest BCUT2D eigenvalue weighted by molar-refractivity contribution is -0.128. The van der Waals surface area contributed by atoms with Crippen molar-refractivity contribution < 1.29 is 19.8 Å². The molecule has 0 spiro atoms. The fraction of sp³-hybridized carbons (Fsp3) is 0.800. The lowest BCUT2D eigenvalue weighted by Crippen LogP contribution is -2.52. The zero-order valence-corrected chi connectivity index (χ0v) is 10.3. The van der Waals surface area contributed by atoms with Crippen LogP contribution in [0.3, 0.4) is 0 Å². The van der Waals surface area contributed by atoms with E-state index in [0.29, 0.717) is 13.1 Å². The number of likely N-dealkylation sites (N-methyl/N-ethyl adjacent to an activating group) is 1. The van der Waals surface area contributed by atoms with E-state index >= 15 is 0 Å². The van der Waals surface area contributed by atoms with Gasteiger partial charge in [0.15, 0.2) is 0 Å². The fourth-order valence-corrected chi connectivity index (χ4v) is 1.32. The molecule has 7 heteroatoms. The Kier molecular flexibility index (Phi) is 8.29. The van der Waals surface area contributed by atoms with Crippen LogP contribution in [-0.2, 0) is 9.59 Å². The molecule has 0 aromatic rings. The molecule has 0 bridgehead atoms. The molecule has 1 unspecified atom stereocenters. The van der Waals surface area contributed by atoms with Crippen LogP contribution in [0.25, 0.3) is 0 Å². The summed E-state index contributed by atoms with van der Waals surface area (Å²) in [6, 6.07) is -0.685. The summed E-state index contributed by atoms with van der Waals surface area (Å²) in [6.45, 7) is 2.05. The molecular formula is C10H21N3O4. The molecule has 100 valence electrons. The maximum atomic E-state index is 11.7. The van der Waals surface area contributed by atoms with Crippen LogP contribution in [0, 0.1) is 0 Å². The minimum atomic E-state index is -0.685. The Balaban J connectivity index is 4.30. The SMILES string of the molecule is CC(=O)NC(CN(C)CCO)C(=O)NCCO. The van der Waals surface area contributed by atoms with Crippen LogP contribution in [0.4, 0.5) is 0 Å². The minimum Gasteiger partial charge on any atom is -0.395 e. The highest BCUT2D eigenvalue weighted by Gasteiger charge is 2.20. The second-order valence-corrected chi connectivity index (χ2v) is 3.75. The van der Waals surface area contributed by atoms with Crippen LogP contribution in [-0.4, -0.2) is 72.9 Å². The standard InChI is InChI=1S/C10H21N3O4/c1-8(16)12-9(7-13(2)4-6-15)10(17)11-3-5-14/h9,14-15H,3-7H2,1-2H3,(H,11,17)(H,12,16). The molecular weight excluding hydrogens is 226 g/mol.